The van der Waals surface area contributed by atoms with Crippen LogP contribution in [0.15, 0.2) is 52.9 Å². The molecule has 0 aliphatic carbocycles. The topological polar surface area (TPSA) is 97.1 Å². The molecule has 0 spiro atoms. The Bertz CT molecular complexity index is 1540. The van der Waals surface area contributed by atoms with E-state index in [-0.39, 0.29) is 24.2 Å². The highest BCUT2D eigenvalue weighted by Crippen LogP contribution is 2.37. The van der Waals surface area contributed by atoms with Crippen molar-refractivity contribution >= 4 is 27.5 Å². The molecule has 0 N–H and O–H groups in total. The summed E-state index contributed by atoms with van der Waals surface area (Å²) in [5.74, 6) is 0.236. The fraction of sp³-hybridized carbons (Fsp3) is 0.370. The number of likely N-dealkylation sites (tertiary alicyclic amines) is 1. The van der Waals surface area contributed by atoms with Crippen LogP contribution in [0.3, 0.4) is 0 Å². The van der Waals surface area contributed by atoms with Crippen molar-refractivity contribution in [2.75, 3.05) is 37.9 Å². The summed E-state index contributed by atoms with van der Waals surface area (Å²) < 4.78 is 75.9. The fourth-order valence-electron chi connectivity index (χ4n) is 5.09. The second kappa shape index (κ2) is 10.6. The summed E-state index contributed by atoms with van der Waals surface area (Å²) in [6.07, 6.45) is -0.821. The zero-order chi connectivity index (χ0) is 28.7. The van der Waals surface area contributed by atoms with Crippen LogP contribution in [-0.2, 0) is 22.6 Å². The van der Waals surface area contributed by atoms with Gasteiger partial charge in [-0.25, -0.2) is 13.1 Å². The van der Waals surface area contributed by atoms with E-state index >= 15 is 0 Å². The molecule has 3 aromatic rings. The minimum Gasteiger partial charge on any atom is -0.497 e. The van der Waals surface area contributed by atoms with Crippen molar-refractivity contribution in [1.82, 2.24) is 14.7 Å². The number of methoxy groups -OCH3 is 1. The lowest BCUT2D eigenvalue weighted by Gasteiger charge is -2.30. The highest BCUT2D eigenvalue weighted by molar-refractivity contribution is 7.89. The smallest absolute Gasteiger partial charge is 0.435 e. The Morgan fingerprint density at radius 1 is 0.950 bits per heavy atom. The van der Waals surface area contributed by atoms with Gasteiger partial charge < -0.3 is 14.5 Å². The lowest BCUT2D eigenvalue weighted by molar-refractivity contribution is -0.141. The number of sulfonamides is 1. The number of hydrogen-bond donors (Lipinski definition) is 0. The Balaban J connectivity index is 1.51. The molecule has 3 heterocycles. The molecule has 1 amide bonds. The van der Waals surface area contributed by atoms with Gasteiger partial charge in [-0.1, -0.05) is 0 Å². The molecular formula is C27H28F3N5O4S. The third-order valence-corrected chi connectivity index (χ3v) is 7.45. The van der Waals surface area contributed by atoms with Crippen LogP contribution < -0.4 is 9.64 Å². The van der Waals surface area contributed by atoms with Gasteiger partial charge in [0.15, 0.2) is 5.69 Å². The molecule has 0 unspecified atom stereocenters. The highest BCUT2D eigenvalue weighted by atomic mass is 32.2. The molecule has 0 atom stereocenters. The maximum absolute atomic E-state index is 13.9. The molecule has 0 bridgehead atoms. The van der Waals surface area contributed by atoms with E-state index in [1.54, 1.807) is 36.4 Å². The maximum atomic E-state index is 13.9. The average molecular weight is 576 g/mol. The molecule has 212 valence electrons. The van der Waals surface area contributed by atoms with Crippen LogP contribution in [0, 0.1) is 0 Å². The summed E-state index contributed by atoms with van der Waals surface area (Å²) in [5.41, 5.74) is -0.0444. The first-order chi connectivity index (χ1) is 19.0. The van der Waals surface area contributed by atoms with Gasteiger partial charge in [0.25, 0.3) is 15.9 Å². The van der Waals surface area contributed by atoms with Gasteiger partial charge in [0.05, 0.1) is 19.1 Å². The first-order valence-electron chi connectivity index (χ1n) is 12.8. The number of halogens is 3. The van der Waals surface area contributed by atoms with E-state index in [0.29, 0.717) is 41.6 Å². The summed E-state index contributed by atoms with van der Waals surface area (Å²) in [6.45, 7) is 1.39. The molecule has 0 saturated carbocycles. The van der Waals surface area contributed by atoms with Crippen LogP contribution >= 0.6 is 0 Å². The molecule has 1 fully saturated rings. The van der Waals surface area contributed by atoms with Crippen molar-refractivity contribution in [1.29, 1.82) is 0 Å². The summed E-state index contributed by atoms with van der Waals surface area (Å²) in [6, 6.07) is 12.9. The third-order valence-electron chi connectivity index (χ3n) is 6.95. The van der Waals surface area contributed by atoms with Gasteiger partial charge >= 0.3 is 6.18 Å². The van der Waals surface area contributed by atoms with Crippen molar-refractivity contribution in [2.24, 2.45) is 4.40 Å². The van der Waals surface area contributed by atoms with Crippen molar-refractivity contribution in [3.05, 3.63) is 71.0 Å². The van der Waals surface area contributed by atoms with Gasteiger partial charge in [0, 0.05) is 36.4 Å². The summed E-state index contributed by atoms with van der Waals surface area (Å²) >= 11 is 0. The van der Waals surface area contributed by atoms with Gasteiger partial charge in [-0.3, -0.25) is 4.79 Å². The van der Waals surface area contributed by atoms with E-state index in [4.69, 9.17) is 4.74 Å². The van der Waals surface area contributed by atoms with Crippen LogP contribution in [0.25, 0.3) is 5.69 Å². The molecule has 13 heteroatoms. The molecule has 1 saturated heterocycles. The molecular weight excluding hydrogens is 547 g/mol. The summed E-state index contributed by atoms with van der Waals surface area (Å²) in [7, 11) is -2.19. The number of rotatable bonds is 5. The number of alkyl halides is 3. The number of piperidine rings is 1. The first kappa shape index (κ1) is 27.7. The van der Waals surface area contributed by atoms with Crippen LogP contribution in [0.4, 0.5) is 18.9 Å². The van der Waals surface area contributed by atoms with Crippen molar-refractivity contribution in [2.45, 2.75) is 31.9 Å². The molecule has 0 radical (unpaired) electrons. The van der Waals surface area contributed by atoms with Gasteiger partial charge in [0.2, 0.25) is 0 Å². The second-order valence-electron chi connectivity index (χ2n) is 9.73. The molecule has 9 nitrogen and oxygen atoms in total. The molecule has 1 aromatic heterocycles. The molecule has 2 aromatic carbocycles. The van der Waals surface area contributed by atoms with Crippen LogP contribution in [0.1, 0.15) is 46.6 Å². The van der Waals surface area contributed by atoms with Crippen molar-refractivity contribution in [3.63, 3.8) is 0 Å². The van der Waals surface area contributed by atoms with Crippen molar-refractivity contribution < 1.29 is 31.1 Å². The number of benzene rings is 2. The zero-order valence-electron chi connectivity index (χ0n) is 22.0. The summed E-state index contributed by atoms with van der Waals surface area (Å²) in [5, 5.41) is 3.82. The number of ether oxygens (including phenoxy) is 1. The lowest BCUT2D eigenvalue weighted by atomic mass is 10.0. The Morgan fingerprint density at radius 3 is 2.15 bits per heavy atom. The summed E-state index contributed by atoms with van der Waals surface area (Å²) in [4.78, 5) is 17.0. The van der Waals surface area contributed by atoms with Gasteiger partial charge in [-0.2, -0.15) is 18.3 Å². The minimum absolute atomic E-state index is 0.0268. The molecule has 40 heavy (non-hydrogen) atoms. The second-order valence-corrected chi connectivity index (χ2v) is 11.4. The van der Waals surface area contributed by atoms with Crippen molar-refractivity contribution in [3.8, 4) is 11.4 Å². The number of amidine groups is 1. The van der Waals surface area contributed by atoms with Crippen LogP contribution in [0.5, 0.6) is 5.75 Å². The van der Waals surface area contributed by atoms with E-state index in [0.717, 1.165) is 30.2 Å². The van der Waals surface area contributed by atoms with E-state index in [9.17, 15) is 26.4 Å². The predicted octanol–water partition coefficient (Wildman–Crippen LogP) is 4.29. The normalized spacial score (nSPS) is 16.7. The SMILES string of the molecule is COc1ccc(-n2nc(C(F)(F)F)c3c2C(=O)N(c2ccc(/C(=N\S(C)(=O)=O)N4CCCCC4)cc2)CC3)cc1. The highest BCUT2D eigenvalue weighted by Gasteiger charge is 2.43. The molecule has 2 aliphatic heterocycles. The number of anilines is 1. The number of aromatic nitrogens is 2. The van der Waals surface area contributed by atoms with E-state index in [1.165, 1.54) is 24.1 Å². The standard InChI is InChI=1S/C27H28F3N5O4S/c1-39-21-12-10-20(11-13-21)35-23-22(24(31-35)27(28,29)30)14-17-34(26(23)36)19-8-6-18(7-9-19)25(32-40(2,37)38)33-15-4-3-5-16-33/h6-13H,3-5,14-17H2,1-2H3/b32-25+. The predicted molar refractivity (Wildman–Crippen MR) is 144 cm³/mol. The fourth-order valence-corrected chi connectivity index (χ4v) is 5.63. The Hall–Kier alpha value is -3.87. The van der Waals surface area contributed by atoms with Gasteiger partial charge in [-0.15, -0.1) is 4.40 Å². The number of fused-ring (bicyclic) bond motifs is 1. The lowest BCUT2D eigenvalue weighted by Crippen LogP contribution is -2.39. The Kier molecular flexibility index (Phi) is 7.34. The van der Waals surface area contributed by atoms with E-state index < -0.39 is 27.8 Å². The minimum atomic E-state index is -4.73. The largest absolute Gasteiger partial charge is 0.497 e. The zero-order valence-corrected chi connectivity index (χ0v) is 22.8. The molecule has 5 rings (SSSR count). The number of amides is 1. The third kappa shape index (κ3) is 5.55. The van der Waals surface area contributed by atoms with E-state index in [1.807, 2.05) is 4.90 Å². The number of hydrogen-bond acceptors (Lipinski definition) is 5. The first-order valence-corrected chi connectivity index (χ1v) is 14.6. The quantitative estimate of drug-likeness (QED) is 0.333. The Morgan fingerprint density at radius 2 is 1.57 bits per heavy atom. The van der Waals surface area contributed by atoms with Crippen LogP contribution in [0.2, 0.25) is 0 Å². The van der Waals surface area contributed by atoms with E-state index in [2.05, 4.69) is 9.50 Å². The number of carbonyl (C=O) groups excluding carboxylic acids is 1. The van der Waals surface area contributed by atoms with Crippen LogP contribution in [-0.4, -0.2) is 67.8 Å². The Labute approximate surface area is 229 Å². The maximum Gasteiger partial charge on any atom is 0.435 e. The number of carbonyl (C=O) groups is 1. The van der Waals surface area contributed by atoms with Gasteiger partial charge in [-0.05, 0) is 74.2 Å². The monoisotopic (exact) mass is 575 g/mol. The number of nitrogens with zero attached hydrogens (tertiary/aromatic N) is 5. The van der Waals surface area contributed by atoms with Gasteiger partial charge in [0.1, 0.15) is 17.3 Å². The molecule has 2 aliphatic rings. The average Bonchev–Trinajstić information content (AvgIpc) is 3.34.